The molecule has 0 radical (unpaired) electrons. The molecule has 1 aromatic carbocycles. The van der Waals surface area contributed by atoms with E-state index in [2.05, 4.69) is 15.9 Å². The Morgan fingerprint density at radius 1 is 1.40 bits per heavy atom. The molecule has 82 valence electrons. The van der Waals surface area contributed by atoms with Crippen molar-refractivity contribution in [3.63, 3.8) is 0 Å². The van der Waals surface area contributed by atoms with Crippen molar-refractivity contribution in [3.05, 3.63) is 21.7 Å². The molecule has 1 heterocycles. The third-order valence-corrected chi connectivity index (χ3v) is 3.22. The molecule has 1 aromatic rings. The van der Waals surface area contributed by atoms with Crippen LogP contribution in [0.15, 0.2) is 10.5 Å². The summed E-state index contributed by atoms with van der Waals surface area (Å²) in [7, 11) is 0. The zero-order valence-electron chi connectivity index (χ0n) is 8.55. The van der Waals surface area contributed by atoms with Gasteiger partial charge in [-0.1, -0.05) is 15.9 Å². The third-order valence-electron chi connectivity index (χ3n) is 2.51. The molecule has 0 spiro atoms. The molecule has 0 aliphatic carbocycles. The van der Waals surface area contributed by atoms with Crippen molar-refractivity contribution < 1.29 is 14.6 Å². The number of aliphatic hydroxyl groups is 1. The predicted octanol–water partition coefficient (Wildman–Crippen LogP) is 2.41. The number of rotatable bonds is 1. The maximum atomic E-state index is 9.24. The summed E-state index contributed by atoms with van der Waals surface area (Å²) in [5.74, 6) is 1.52. The maximum Gasteiger partial charge on any atom is 0.164 e. The Morgan fingerprint density at radius 2 is 2.13 bits per heavy atom. The second-order valence-electron chi connectivity index (χ2n) is 3.50. The highest BCUT2D eigenvalue weighted by atomic mass is 79.9. The number of benzene rings is 1. The molecular formula is C11H13BrO3. The summed E-state index contributed by atoms with van der Waals surface area (Å²) in [4.78, 5) is 0. The predicted molar refractivity (Wildman–Crippen MR) is 60.4 cm³/mol. The fourth-order valence-corrected chi connectivity index (χ4v) is 2.30. The Hall–Kier alpha value is -0.740. The summed E-state index contributed by atoms with van der Waals surface area (Å²) in [6.45, 7) is 3.28. The van der Waals surface area contributed by atoms with E-state index in [1.165, 1.54) is 0 Å². The van der Waals surface area contributed by atoms with E-state index >= 15 is 0 Å². The van der Waals surface area contributed by atoms with Gasteiger partial charge in [-0.2, -0.15) is 0 Å². The normalized spacial score (nSPS) is 14.9. The number of ether oxygens (including phenoxy) is 2. The summed E-state index contributed by atoms with van der Waals surface area (Å²) in [6, 6.07) is 1.86. The van der Waals surface area contributed by atoms with Crippen molar-refractivity contribution in [2.45, 2.75) is 20.0 Å². The number of aliphatic hydroxyl groups excluding tert-OH is 1. The zero-order chi connectivity index (χ0) is 10.8. The van der Waals surface area contributed by atoms with Crippen molar-refractivity contribution in [2.75, 3.05) is 13.2 Å². The van der Waals surface area contributed by atoms with Gasteiger partial charge in [0.2, 0.25) is 0 Å². The third kappa shape index (κ3) is 1.96. The average Bonchev–Trinajstić information content (AvgIpc) is 2.43. The van der Waals surface area contributed by atoms with Gasteiger partial charge in [0.1, 0.15) is 0 Å². The standard InChI is InChI=1S/C11H13BrO3/c1-7-8(6-13)9(12)5-10-11(7)15-4-2-3-14-10/h5,13H,2-4,6H2,1H3. The van der Waals surface area contributed by atoms with Crippen molar-refractivity contribution in [2.24, 2.45) is 0 Å². The molecule has 0 saturated carbocycles. The van der Waals surface area contributed by atoms with E-state index < -0.39 is 0 Å². The van der Waals surface area contributed by atoms with Gasteiger partial charge < -0.3 is 14.6 Å². The molecule has 3 nitrogen and oxygen atoms in total. The van der Waals surface area contributed by atoms with Crippen LogP contribution in [-0.4, -0.2) is 18.3 Å². The Morgan fingerprint density at radius 3 is 2.87 bits per heavy atom. The minimum atomic E-state index is 0.00303. The Balaban J connectivity index is 2.53. The molecule has 0 unspecified atom stereocenters. The van der Waals surface area contributed by atoms with E-state index in [1.54, 1.807) is 0 Å². The van der Waals surface area contributed by atoms with Gasteiger partial charge in [0.05, 0.1) is 19.8 Å². The molecular weight excluding hydrogens is 260 g/mol. The minimum Gasteiger partial charge on any atom is -0.490 e. The monoisotopic (exact) mass is 272 g/mol. The van der Waals surface area contributed by atoms with Crippen molar-refractivity contribution >= 4 is 15.9 Å². The van der Waals surface area contributed by atoms with Crippen molar-refractivity contribution in [3.8, 4) is 11.5 Å². The fraction of sp³-hybridized carbons (Fsp3) is 0.455. The van der Waals surface area contributed by atoms with Gasteiger partial charge in [-0.25, -0.2) is 0 Å². The van der Waals surface area contributed by atoms with E-state index in [9.17, 15) is 5.11 Å². The molecule has 1 aliphatic rings. The minimum absolute atomic E-state index is 0.00303. The van der Waals surface area contributed by atoms with E-state index in [4.69, 9.17) is 9.47 Å². The lowest BCUT2D eigenvalue weighted by Gasteiger charge is -2.14. The van der Waals surface area contributed by atoms with Gasteiger partial charge in [-0.3, -0.25) is 0 Å². The first-order chi connectivity index (χ1) is 7.24. The maximum absolute atomic E-state index is 9.24. The second-order valence-corrected chi connectivity index (χ2v) is 4.35. The first kappa shape index (κ1) is 10.8. The summed E-state index contributed by atoms with van der Waals surface area (Å²) in [5.41, 5.74) is 1.81. The van der Waals surface area contributed by atoms with Crippen LogP contribution in [0.4, 0.5) is 0 Å². The van der Waals surface area contributed by atoms with E-state index in [0.717, 1.165) is 33.5 Å². The Bertz CT molecular complexity index is 377. The smallest absolute Gasteiger partial charge is 0.164 e. The van der Waals surface area contributed by atoms with Gasteiger partial charge >= 0.3 is 0 Å². The van der Waals surface area contributed by atoms with Crippen LogP contribution in [0, 0.1) is 6.92 Å². The van der Waals surface area contributed by atoms with Crippen molar-refractivity contribution in [1.29, 1.82) is 0 Å². The van der Waals surface area contributed by atoms with Crippen molar-refractivity contribution in [1.82, 2.24) is 0 Å². The molecule has 0 saturated heterocycles. The molecule has 1 N–H and O–H groups in total. The largest absolute Gasteiger partial charge is 0.490 e. The first-order valence-corrected chi connectivity index (χ1v) is 5.71. The molecule has 0 atom stereocenters. The van der Waals surface area contributed by atoms with Crippen LogP contribution in [0.1, 0.15) is 17.5 Å². The van der Waals surface area contributed by atoms with Gasteiger partial charge in [-0.15, -0.1) is 0 Å². The molecule has 0 fully saturated rings. The molecule has 0 aromatic heterocycles. The fourth-order valence-electron chi connectivity index (χ4n) is 1.66. The molecule has 1 aliphatic heterocycles. The van der Waals surface area contributed by atoms with Crippen LogP contribution in [0.3, 0.4) is 0 Å². The summed E-state index contributed by atoms with van der Waals surface area (Å²) in [6.07, 6.45) is 0.889. The van der Waals surface area contributed by atoms with Crippen LogP contribution in [0.2, 0.25) is 0 Å². The molecule has 15 heavy (non-hydrogen) atoms. The lowest BCUT2D eigenvalue weighted by molar-refractivity contribution is 0.277. The molecule has 0 bridgehead atoms. The summed E-state index contributed by atoms with van der Waals surface area (Å²) < 4.78 is 12.1. The van der Waals surface area contributed by atoms with Gasteiger partial charge in [0, 0.05) is 16.5 Å². The van der Waals surface area contributed by atoms with E-state index in [-0.39, 0.29) is 6.61 Å². The van der Waals surface area contributed by atoms with Gasteiger partial charge in [0.25, 0.3) is 0 Å². The van der Waals surface area contributed by atoms with Gasteiger partial charge in [0.15, 0.2) is 11.5 Å². The quantitative estimate of drug-likeness (QED) is 0.854. The highest BCUT2D eigenvalue weighted by molar-refractivity contribution is 9.10. The van der Waals surface area contributed by atoms with Crippen LogP contribution in [0.25, 0.3) is 0 Å². The zero-order valence-corrected chi connectivity index (χ0v) is 10.1. The molecule has 2 rings (SSSR count). The van der Waals surface area contributed by atoms with Crippen LogP contribution >= 0.6 is 15.9 Å². The average molecular weight is 273 g/mol. The van der Waals surface area contributed by atoms with Crippen LogP contribution in [0.5, 0.6) is 11.5 Å². The molecule has 4 heteroatoms. The second kappa shape index (κ2) is 4.41. The number of fused-ring (bicyclic) bond motifs is 1. The van der Waals surface area contributed by atoms with Crippen LogP contribution < -0.4 is 9.47 Å². The van der Waals surface area contributed by atoms with E-state index in [0.29, 0.717) is 13.2 Å². The summed E-state index contributed by atoms with van der Waals surface area (Å²) in [5, 5.41) is 9.24. The lowest BCUT2D eigenvalue weighted by Crippen LogP contribution is -1.99. The van der Waals surface area contributed by atoms with Gasteiger partial charge in [-0.05, 0) is 18.6 Å². The Kier molecular flexibility index (Phi) is 3.17. The topological polar surface area (TPSA) is 38.7 Å². The summed E-state index contributed by atoms with van der Waals surface area (Å²) >= 11 is 3.42. The molecule has 0 amide bonds. The lowest BCUT2D eigenvalue weighted by atomic mass is 10.1. The highest BCUT2D eigenvalue weighted by Crippen LogP contribution is 2.39. The first-order valence-electron chi connectivity index (χ1n) is 4.92. The van der Waals surface area contributed by atoms with E-state index in [1.807, 2.05) is 13.0 Å². The SMILES string of the molecule is Cc1c(CO)c(Br)cc2c1OCCCO2. The Labute approximate surface area is 97.1 Å². The number of hydrogen-bond acceptors (Lipinski definition) is 3. The number of hydrogen-bond donors (Lipinski definition) is 1. The highest BCUT2D eigenvalue weighted by Gasteiger charge is 2.17. The van der Waals surface area contributed by atoms with Crippen LogP contribution in [-0.2, 0) is 6.61 Å². The number of halogens is 1.